The molecule has 98 valence electrons. The Morgan fingerprint density at radius 2 is 1.78 bits per heavy atom. The van der Waals surface area contributed by atoms with Gasteiger partial charge in [-0.3, -0.25) is 0 Å². The molecular weight excluding hydrogens is 218 g/mol. The molecule has 0 saturated heterocycles. The van der Waals surface area contributed by atoms with Crippen LogP contribution < -0.4 is 5.32 Å². The van der Waals surface area contributed by atoms with Crippen LogP contribution in [0.3, 0.4) is 0 Å². The van der Waals surface area contributed by atoms with Crippen molar-refractivity contribution in [2.75, 3.05) is 0 Å². The Labute approximate surface area is 111 Å². The Morgan fingerprint density at radius 3 is 2.39 bits per heavy atom. The third-order valence-corrected chi connectivity index (χ3v) is 4.89. The van der Waals surface area contributed by atoms with Crippen molar-refractivity contribution >= 4 is 0 Å². The van der Waals surface area contributed by atoms with Crippen molar-refractivity contribution in [3.05, 3.63) is 35.9 Å². The van der Waals surface area contributed by atoms with Gasteiger partial charge in [0.05, 0.1) is 0 Å². The monoisotopic (exact) mass is 243 g/mol. The highest BCUT2D eigenvalue weighted by molar-refractivity contribution is 5.20. The van der Waals surface area contributed by atoms with Gasteiger partial charge in [0.2, 0.25) is 0 Å². The zero-order chi connectivity index (χ0) is 12.4. The van der Waals surface area contributed by atoms with Crippen molar-refractivity contribution < 1.29 is 0 Å². The van der Waals surface area contributed by atoms with Gasteiger partial charge in [-0.15, -0.1) is 0 Å². The lowest BCUT2D eigenvalue weighted by atomic mass is 9.82. The maximum atomic E-state index is 3.87. The largest absolute Gasteiger partial charge is 0.311 e. The molecule has 1 nitrogen and oxygen atoms in total. The van der Waals surface area contributed by atoms with Crippen molar-refractivity contribution in [3.8, 4) is 0 Å². The summed E-state index contributed by atoms with van der Waals surface area (Å²) in [5.74, 6) is 1.79. The summed E-state index contributed by atoms with van der Waals surface area (Å²) in [5, 5.41) is 3.87. The molecule has 2 fully saturated rings. The normalized spacial score (nSPS) is 35.4. The summed E-state index contributed by atoms with van der Waals surface area (Å²) in [6.07, 6.45) is 8.25. The van der Waals surface area contributed by atoms with Gasteiger partial charge in [-0.05, 0) is 49.5 Å². The van der Waals surface area contributed by atoms with Crippen molar-refractivity contribution in [3.63, 3.8) is 0 Å². The zero-order valence-electron chi connectivity index (χ0n) is 11.4. The fraction of sp³-hybridized carbons (Fsp3) is 0.647. The molecule has 1 aromatic rings. The van der Waals surface area contributed by atoms with Crippen LogP contribution in [0.15, 0.2) is 30.3 Å². The molecule has 2 aliphatic rings. The SMILES string of the molecule is CCC1CC1NC1CCC(c2ccccc2)CC1. The fourth-order valence-corrected chi connectivity index (χ4v) is 3.52. The minimum atomic E-state index is 0.798. The molecule has 3 rings (SSSR count). The summed E-state index contributed by atoms with van der Waals surface area (Å²) in [5.41, 5.74) is 1.55. The van der Waals surface area contributed by atoms with Crippen LogP contribution in [-0.4, -0.2) is 12.1 Å². The summed E-state index contributed by atoms with van der Waals surface area (Å²) < 4.78 is 0. The van der Waals surface area contributed by atoms with Crippen LogP contribution >= 0.6 is 0 Å². The van der Waals surface area contributed by atoms with Gasteiger partial charge in [0.1, 0.15) is 0 Å². The van der Waals surface area contributed by atoms with Crippen molar-refractivity contribution in [2.24, 2.45) is 5.92 Å². The predicted octanol–water partition coefficient (Wildman–Crippen LogP) is 4.10. The average molecular weight is 243 g/mol. The minimum Gasteiger partial charge on any atom is -0.311 e. The van der Waals surface area contributed by atoms with E-state index in [2.05, 4.69) is 42.6 Å². The van der Waals surface area contributed by atoms with E-state index in [4.69, 9.17) is 0 Å². The number of nitrogens with one attached hydrogen (secondary N) is 1. The molecule has 1 aromatic carbocycles. The number of rotatable bonds is 4. The van der Waals surface area contributed by atoms with Gasteiger partial charge in [-0.2, -0.15) is 0 Å². The quantitative estimate of drug-likeness (QED) is 0.839. The van der Waals surface area contributed by atoms with Gasteiger partial charge in [0, 0.05) is 12.1 Å². The summed E-state index contributed by atoms with van der Waals surface area (Å²) in [6.45, 7) is 2.32. The Balaban J connectivity index is 1.47. The maximum Gasteiger partial charge on any atom is 0.0102 e. The Kier molecular flexibility index (Phi) is 3.69. The lowest BCUT2D eigenvalue weighted by Gasteiger charge is -2.29. The molecule has 0 heterocycles. The second-order valence-electron chi connectivity index (χ2n) is 6.14. The average Bonchev–Trinajstić information content (AvgIpc) is 3.19. The first-order valence-electron chi connectivity index (χ1n) is 7.67. The topological polar surface area (TPSA) is 12.0 Å². The molecule has 0 amide bonds. The summed E-state index contributed by atoms with van der Waals surface area (Å²) >= 11 is 0. The molecule has 2 atom stereocenters. The smallest absolute Gasteiger partial charge is 0.0102 e. The second kappa shape index (κ2) is 5.44. The van der Waals surface area contributed by atoms with E-state index < -0.39 is 0 Å². The highest BCUT2D eigenvalue weighted by atomic mass is 15.0. The van der Waals surface area contributed by atoms with Gasteiger partial charge < -0.3 is 5.32 Å². The van der Waals surface area contributed by atoms with Crippen LogP contribution in [-0.2, 0) is 0 Å². The number of hydrogen-bond acceptors (Lipinski definition) is 1. The van der Waals surface area contributed by atoms with Crippen molar-refractivity contribution in [1.82, 2.24) is 5.32 Å². The van der Waals surface area contributed by atoms with Crippen LogP contribution in [0.25, 0.3) is 0 Å². The molecule has 2 saturated carbocycles. The van der Waals surface area contributed by atoms with Crippen LogP contribution in [0.2, 0.25) is 0 Å². The molecule has 0 radical (unpaired) electrons. The zero-order valence-corrected chi connectivity index (χ0v) is 11.4. The molecule has 0 aromatic heterocycles. The van der Waals surface area contributed by atoms with Gasteiger partial charge in [-0.1, -0.05) is 43.7 Å². The second-order valence-corrected chi connectivity index (χ2v) is 6.14. The summed E-state index contributed by atoms with van der Waals surface area (Å²) in [6, 6.07) is 12.7. The predicted molar refractivity (Wildman–Crippen MR) is 76.8 cm³/mol. The maximum absolute atomic E-state index is 3.87. The van der Waals surface area contributed by atoms with Crippen LogP contribution in [0.1, 0.15) is 56.9 Å². The van der Waals surface area contributed by atoms with Gasteiger partial charge in [0.25, 0.3) is 0 Å². The fourth-order valence-electron chi connectivity index (χ4n) is 3.52. The number of benzene rings is 1. The van der Waals surface area contributed by atoms with Crippen molar-refractivity contribution in [1.29, 1.82) is 0 Å². The van der Waals surface area contributed by atoms with Crippen LogP contribution in [0.4, 0.5) is 0 Å². The van der Waals surface area contributed by atoms with Crippen LogP contribution in [0, 0.1) is 5.92 Å². The third kappa shape index (κ3) is 2.77. The first kappa shape index (κ1) is 12.2. The lowest BCUT2D eigenvalue weighted by Crippen LogP contribution is -2.35. The lowest BCUT2D eigenvalue weighted by molar-refractivity contribution is 0.336. The summed E-state index contributed by atoms with van der Waals surface area (Å²) in [4.78, 5) is 0. The highest BCUT2D eigenvalue weighted by Gasteiger charge is 2.37. The molecule has 1 heteroatoms. The first-order valence-corrected chi connectivity index (χ1v) is 7.67. The van der Waals surface area contributed by atoms with Crippen LogP contribution in [0.5, 0.6) is 0 Å². The molecule has 1 N–H and O–H groups in total. The van der Waals surface area contributed by atoms with E-state index in [1.54, 1.807) is 5.56 Å². The minimum absolute atomic E-state index is 0.798. The van der Waals surface area contributed by atoms with E-state index in [1.165, 1.54) is 38.5 Å². The van der Waals surface area contributed by atoms with E-state index in [-0.39, 0.29) is 0 Å². The van der Waals surface area contributed by atoms with E-state index in [0.29, 0.717) is 0 Å². The Morgan fingerprint density at radius 1 is 1.06 bits per heavy atom. The van der Waals surface area contributed by atoms with Crippen molar-refractivity contribution in [2.45, 2.75) is 63.5 Å². The number of hydrogen-bond donors (Lipinski definition) is 1. The first-order chi connectivity index (χ1) is 8.86. The molecule has 0 bridgehead atoms. The molecule has 2 aliphatic carbocycles. The third-order valence-electron chi connectivity index (χ3n) is 4.89. The molecular formula is C17H25N. The summed E-state index contributed by atoms with van der Waals surface area (Å²) in [7, 11) is 0. The van der Waals surface area contributed by atoms with E-state index in [0.717, 1.165) is 23.9 Å². The van der Waals surface area contributed by atoms with Gasteiger partial charge in [0.15, 0.2) is 0 Å². The molecule has 18 heavy (non-hydrogen) atoms. The standard InChI is InChI=1S/C17H25N/c1-2-13-12-17(13)18-16-10-8-15(9-11-16)14-6-4-3-5-7-14/h3-7,13,15-18H,2,8-12H2,1H3. The van der Waals surface area contributed by atoms with E-state index in [9.17, 15) is 0 Å². The molecule has 0 aliphatic heterocycles. The van der Waals surface area contributed by atoms with E-state index >= 15 is 0 Å². The Hall–Kier alpha value is -0.820. The van der Waals surface area contributed by atoms with Gasteiger partial charge in [-0.25, -0.2) is 0 Å². The van der Waals surface area contributed by atoms with Gasteiger partial charge >= 0.3 is 0 Å². The van der Waals surface area contributed by atoms with E-state index in [1.807, 2.05) is 0 Å². The molecule has 0 spiro atoms. The molecule has 2 unspecified atom stereocenters. The highest BCUT2D eigenvalue weighted by Crippen LogP contribution is 2.37. The Bertz CT molecular complexity index is 364.